The first-order chi connectivity index (χ1) is 7.59. The molecule has 1 N–H and O–H groups in total. The van der Waals surface area contributed by atoms with E-state index in [1.54, 1.807) is 18.3 Å². The maximum atomic E-state index is 9.53. The van der Waals surface area contributed by atoms with E-state index in [0.29, 0.717) is 0 Å². The van der Waals surface area contributed by atoms with E-state index < -0.39 is 6.10 Å². The van der Waals surface area contributed by atoms with Crippen molar-refractivity contribution in [1.82, 2.24) is 4.98 Å². The minimum absolute atomic E-state index is 0.485. The third kappa shape index (κ3) is 2.01. The average Bonchev–Trinajstić information content (AvgIpc) is 2.61. The normalized spacial score (nSPS) is 12.8. The largest absolute Gasteiger partial charge is 0.386 e. The van der Waals surface area contributed by atoms with Gasteiger partial charge in [0, 0.05) is 10.4 Å². The van der Waals surface area contributed by atoms with Gasteiger partial charge in [0.05, 0.1) is 5.69 Å². The Kier molecular flexibility index (Phi) is 3.08. The Hall–Kier alpha value is -1.19. The standard InChI is InChI=1S/C13H15NOS/c1-8-6-4-5-7-11(8)12-10(3)16-13(14-12)9(2)15/h4-7,9,15H,1-3H3. The van der Waals surface area contributed by atoms with E-state index in [1.807, 2.05) is 19.1 Å². The molecule has 16 heavy (non-hydrogen) atoms. The van der Waals surface area contributed by atoms with Crippen molar-refractivity contribution < 1.29 is 5.11 Å². The molecule has 0 bridgehead atoms. The van der Waals surface area contributed by atoms with E-state index in [-0.39, 0.29) is 0 Å². The van der Waals surface area contributed by atoms with Crippen LogP contribution in [0.15, 0.2) is 24.3 Å². The molecule has 1 aromatic heterocycles. The average molecular weight is 233 g/mol. The Balaban J connectivity index is 2.52. The highest BCUT2D eigenvalue weighted by molar-refractivity contribution is 7.12. The predicted molar refractivity (Wildman–Crippen MR) is 67.7 cm³/mol. The number of aryl methyl sites for hydroxylation is 2. The van der Waals surface area contributed by atoms with Crippen molar-refractivity contribution in [3.63, 3.8) is 0 Å². The molecular formula is C13H15NOS. The summed E-state index contributed by atoms with van der Waals surface area (Å²) in [5.74, 6) is 0. The number of hydrogen-bond donors (Lipinski definition) is 1. The fraction of sp³-hybridized carbons (Fsp3) is 0.308. The lowest BCUT2D eigenvalue weighted by Gasteiger charge is -2.02. The Labute approximate surface area is 99.6 Å². The van der Waals surface area contributed by atoms with Crippen molar-refractivity contribution in [2.75, 3.05) is 0 Å². The second-order valence-electron chi connectivity index (χ2n) is 3.95. The first kappa shape index (κ1) is 11.3. The Morgan fingerprint density at radius 1 is 1.25 bits per heavy atom. The molecule has 3 heteroatoms. The first-order valence-corrected chi connectivity index (χ1v) is 6.12. The summed E-state index contributed by atoms with van der Waals surface area (Å²) < 4.78 is 0. The van der Waals surface area contributed by atoms with Crippen molar-refractivity contribution in [2.24, 2.45) is 0 Å². The second kappa shape index (κ2) is 4.36. The Morgan fingerprint density at radius 3 is 2.50 bits per heavy atom. The van der Waals surface area contributed by atoms with Gasteiger partial charge in [-0.2, -0.15) is 0 Å². The number of rotatable bonds is 2. The molecule has 2 nitrogen and oxygen atoms in total. The number of aliphatic hydroxyl groups is 1. The third-order valence-electron chi connectivity index (χ3n) is 2.57. The van der Waals surface area contributed by atoms with Gasteiger partial charge in [-0.3, -0.25) is 0 Å². The molecule has 1 heterocycles. The van der Waals surface area contributed by atoms with Crippen molar-refractivity contribution in [2.45, 2.75) is 26.9 Å². The minimum Gasteiger partial charge on any atom is -0.386 e. The third-order valence-corrected chi connectivity index (χ3v) is 3.71. The van der Waals surface area contributed by atoms with Gasteiger partial charge in [-0.25, -0.2) is 4.98 Å². The van der Waals surface area contributed by atoms with Crippen LogP contribution in [-0.2, 0) is 0 Å². The van der Waals surface area contributed by atoms with Gasteiger partial charge in [-0.15, -0.1) is 11.3 Å². The number of hydrogen-bond acceptors (Lipinski definition) is 3. The SMILES string of the molecule is Cc1ccccc1-c1nc(C(C)O)sc1C. The molecule has 0 aliphatic heterocycles. The van der Waals surface area contributed by atoms with Gasteiger partial charge < -0.3 is 5.11 Å². The second-order valence-corrected chi connectivity index (χ2v) is 5.18. The molecule has 0 radical (unpaired) electrons. The van der Waals surface area contributed by atoms with E-state index in [0.717, 1.165) is 21.1 Å². The number of benzene rings is 1. The lowest BCUT2D eigenvalue weighted by molar-refractivity contribution is 0.199. The summed E-state index contributed by atoms with van der Waals surface area (Å²) in [5.41, 5.74) is 3.37. The first-order valence-electron chi connectivity index (χ1n) is 5.31. The predicted octanol–water partition coefficient (Wildman–Crippen LogP) is 3.48. The van der Waals surface area contributed by atoms with E-state index in [4.69, 9.17) is 0 Å². The van der Waals surface area contributed by atoms with Crippen molar-refractivity contribution in [1.29, 1.82) is 0 Å². The molecule has 0 aliphatic carbocycles. The van der Waals surface area contributed by atoms with Crippen molar-refractivity contribution >= 4 is 11.3 Å². The van der Waals surface area contributed by atoms with Crippen LogP contribution in [0.4, 0.5) is 0 Å². The van der Waals surface area contributed by atoms with Gasteiger partial charge in [-0.05, 0) is 26.3 Å². The summed E-state index contributed by atoms with van der Waals surface area (Å²) in [7, 11) is 0. The summed E-state index contributed by atoms with van der Waals surface area (Å²) in [4.78, 5) is 5.67. The molecule has 1 atom stereocenters. The smallest absolute Gasteiger partial charge is 0.122 e. The number of aliphatic hydroxyl groups excluding tert-OH is 1. The van der Waals surface area contributed by atoms with Crippen molar-refractivity contribution in [3.8, 4) is 11.3 Å². The number of thiazole rings is 1. The number of aromatic nitrogens is 1. The van der Waals surface area contributed by atoms with Crippen molar-refractivity contribution in [3.05, 3.63) is 39.7 Å². The van der Waals surface area contributed by atoms with Crippen LogP contribution in [0.5, 0.6) is 0 Å². The molecular weight excluding hydrogens is 218 g/mol. The Morgan fingerprint density at radius 2 is 1.94 bits per heavy atom. The summed E-state index contributed by atoms with van der Waals surface area (Å²) in [5, 5.41) is 10.3. The van der Waals surface area contributed by atoms with Gasteiger partial charge >= 0.3 is 0 Å². The highest BCUT2D eigenvalue weighted by Crippen LogP contribution is 2.31. The van der Waals surface area contributed by atoms with Crippen LogP contribution in [0.2, 0.25) is 0 Å². The molecule has 1 aromatic carbocycles. The zero-order valence-electron chi connectivity index (χ0n) is 9.69. The number of nitrogens with zero attached hydrogens (tertiary/aromatic N) is 1. The molecule has 0 saturated heterocycles. The summed E-state index contributed by atoms with van der Waals surface area (Å²) in [6.45, 7) is 5.88. The minimum atomic E-state index is -0.485. The van der Waals surface area contributed by atoms with Crippen LogP contribution < -0.4 is 0 Å². The highest BCUT2D eigenvalue weighted by Gasteiger charge is 2.13. The maximum Gasteiger partial charge on any atom is 0.122 e. The van der Waals surface area contributed by atoms with Crippen LogP contribution in [0, 0.1) is 13.8 Å². The van der Waals surface area contributed by atoms with Crippen LogP contribution in [0.1, 0.15) is 28.5 Å². The maximum absolute atomic E-state index is 9.53. The lowest BCUT2D eigenvalue weighted by atomic mass is 10.1. The van der Waals surface area contributed by atoms with Crippen LogP contribution >= 0.6 is 11.3 Å². The summed E-state index contributed by atoms with van der Waals surface area (Å²) in [6, 6.07) is 8.19. The molecule has 2 rings (SSSR count). The van der Waals surface area contributed by atoms with Gasteiger partial charge in [0.25, 0.3) is 0 Å². The Bertz CT molecular complexity index is 502. The van der Waals surface area contributed by atoms with Gasteiger partial charge in [0.2, 0.25) is 0 Å². The molecule has 2 aromatic rings. The van der Waals surface area contributed by atoms with E-state index in [2.05, 4.69) is 24.0 Å². The summed E-state index contributed by atoms with van der Waals surface area (Å²) in [6.07, 6.45) is -0.485. The van der Waals surface area contributed by atoms with E-state index in [1.165, 1.54) is 5.56 Å². The van der Waals surface area contributed by atoms with Gasteiger partial charge in [0.1, 0.15) is 11.1 Å². The molecule has 84 valence electrons. The molecule has 0 aliphatic rings. The fourth-order valence-electron chi connectivity index (χ4n) is 1.68. The molecule has 0 amide bonds. The van der Waals surface area contributed by atoms with Crippen LogP contribution in [0.25, 0.3) is 11.3 Å². The molecule has 0 spiro atoms. The summed E-state index contributed by atoms with van der Waals surface area (Å²) >= 11 is 1.56. The van der Waals surface area contributed by atoms with Crippen LogP contribution in [-0.4, -0.2) is 10.1 Å². The monoisotopic (exact) mass is 233 g/mol. The topological polar surface area (TPSA) is 33.1 Å². The van der Waals surface area contributed by atoms with Crippen LogP contribution in [0.3, 0.4) is 0 Å². The molecule has 0 saturated carbocycles. The fourth-order valence-corrected chi connectivity index (χ4v) is 2.56. The van der Waals surface area contributed by atoms with E-state index >= 15 is 0 Å². The quantitative estimate of drug-likeness (QED) is 0.861. The lowest BCUT2D eigenvalue weighted by Crippen LogP contribution is -1.90. The van der Waals surface area contributed by atoms with Gasteiger partial charge in [0.15, 0.2) is 0 Å². The van der Waals surface area contributed by atoms with Gasteiger partial charge in [-0.1, -0.05) is 24.3 Å². The zero-order valence-corrected chi connectivity index (χ0v) is 10.5. The zero-order chi connectivity index (χ0) is 11.7. The molecule has 1 unspecified atom stereocenters. The molecule has 0 fully saturated rings. The van der Waals surface area contributed by atoms with E-state index in [9.17, 15) is 5.11 Å². The highest BCUT2D eigenvalue weighted by atomic mass is 32.1.